The summed E-state index contributed by atoms with van der Waals surface area (Å²) in [5.41, 5.74) is -0.318. The van der Waals surface area contributed by atoms with Gasteiger partial charge in [-0.15, -0.1) is 0 Å². The van der Waals surface area contributed by atoms with Crippen LogP contribution in [0.4, 0.5) is 0 Å². The lowest BCUT2D eigenvalue weighted by atomic mass is 9.92. The number of rotatable bonds is 4. The van der Waals surface area contributed by atoms with Crippen molar-refractivity contribution < 1.29 is 14.0 Å². The summed E-state index contributed by atoms with van der Waals surface area (Å²) in [6.45, 7) is 12.0. The first-order valence-electron chi connectivity index (χ1n) is 6.36. The lowest BCUT2D eigenvalue weighted by Crippen LogP contribution is -2.54. The summed E-state index contributed by atoms with van der Waals surface area (Å²) >= 11 is 0. The van der Waals surface area contributed by atoms with Crippen LogP contribution in [0.1, 0.15) is 33.1 Å². The van der Waals surface area contributed by atoms with Gasteiger partial charge in [0.1, 0.15) is 6.10 Å². The van der Waals surface area contributed by atoms with E-state index in [9.17, 15) is 4.79 Å². The second-order valence-electron chi connectivity index (χ2n) is 5.57. The molecule has 1 fully saturated rings. The van der Waals surface area contributed by atoms with Crippen LogP contribution >= 0.6 is 0 Å². The van der Waals surface area contributed by atoms with Crippen LogP contribution in [0.15, 0.2) is 12.7 Å². The van der Waals surface area contributed by atoms with E-state index in [0.29, 0.717) is 0 Å². The SMILES string of the molecule is C=CC(=O)OC(CC)C1(C)CCC[Si](C)(C)O1. The smallest absolute Gasteiger partial charge is 0.330 e. The van der Waals surface area contributed by atoms with Gasteiger partial charge in [0, 0.05) is 6.08 Å². The lowest BCUT2D eigenvalue weighted by Gasteiger charge is -2.46. The highest BCUT2D eigenvalue weighted by Gasteiger charge is 2.44. The van der Waals surface area contributed by atoms with Crippen molar-refractivity contribution in [2.45, 2.75) is 64.0 Å². The molecule has 2 atom stereocenters. The molecule has 0 spiro atoms. The third-order valence-electron chi connectivity index (χ3n) is 3.44. The lowest BCUT2D eigenvalue weighted by molar-refractivity contribution is -0.157. The van der Waals surface area contributed by atoms with Crippen LogP contribution in [-0.2, 0) is 14.0 Å². The van der Waals surface area contributed by atoms with Crippen molar-refractivity contribution in [2.75, 3.05) is 0 Å². The zero-order valence-corrected chi connectivity index (χ0v) is 12.4. The average Bonchev–Trinajstić information content (AvgIpc) is 2.23. The van der Waals surface area contributed by atoms with E-state index in [4.69, 9.17) is 9.16 Å². The van der Waals surface area contributed by atoms with E-state index >= 15 is 0 Å². The van der Waals surface area contributed by atoms with E-state index in [1.807, 2.05) is 6.92 Å². The Labute approximate surface area is 105 Å². The van der Waals surface area contributed by atoms with Gasteiger partial charge in [-0.25, -0.2) is 4.79 Å². The average molecular weight is 256 g/mol. The molecule has 1 heterocycles. The van der Waals surface area contributed by atoms with Gasteiger partial charge in [0.15, 0.2) is 8.32 Å². The Morgan fingerprint density at radius 1 is 1.65 bits per heavy atom. The second-order valence-corrected chi connectivity index (χ2v) is 9.79. The van der Waals surface area contributed by atoms with Crippen molar-refractivity contribution in [1.82, 2.24) is 0 Å². The van der Waals surface area contributed by atoms with Gasteiger partial charge in [0.05, 0.1) is 5.60 Å². The van der Waals surface area contributed by atoms with Crippen molar-refractivity contribution in [1.29, 1.82) is 0 Å². The van der Waals surface area contributed by atoms with Crippen molar-refractivity contribution in [2.24, 2.45) is 0 Å². The van der Waals surface area contributed by atoms with Crippen LogP contribution in [0.5, 0.6) is 0 Å². The van der Waals surface area contributed by atoms with Crippen LogP contribution < -0.4 is 0 Å². The maximum Gasteiger partial charge on any atom is 0.330 e. The van der Waals surface area contributed by atoms with Crippen molar-refractivity contribution in [3.05, 3.63) is 12.7 Å². The van der Waals surface area contributed by atoms with E-state index in [-0.39, 0.29) is 17.7 Å². The minimum absolute atomic E-state index is 0.167. The largest absolute Gasteiger partial charge is 0.456 e. The highest BCUT2D eigenvalue weighted by Crippen LogP contribution is 2.37. The number of carbonyl (C=O) groups is 1. The number of hydrogen-bond acceptors (Lipinski definition) is 3. The summed E-state index contributed by atoms with van der Waals surface area (Å²) in [6, 6.07) is 1.19. The van der Waals surface area contributed by atoms with Crippen LogP contribution in [0.2, 0.25) is 19.1 Å². The van der Waals surface area contributed by atoms with Crippen LogP contribution in [-0.4, -0.2) is 26.0 Å². The first-order valence-corrected chi connectivity index (χ1v) is 9.48. The topological polar surface area (TPSA) is 35.5 Å². The summed E-state index contributed by atoms with van der Waals surface area (Å²) in [7, 11) is -1.58. The Hall–Kier alpha value is -0.613. The Bertz CT molecular complexity index is 301. The quantitative estimate of drug-likeness (QED) is 0.440. The van der Waals surface area contributed by atoms with Gasteiger partial charge >= 0.3 is 5.97 Å². The number of carbonyl (C=O) groups excluding carboxylic acids is 1. The molecular weight excluding hydrogens is 232 g/mol. The van der Waals surface area contributed by atoms with Gasteiger partial charge in [-0.05, 0) is 38.9 Å². The monoisotopic (exact) mass is 256 g/mol. The summed E-state index contributed by atoms with van der Waals surface area (Å²) in [6.07, 6.45) is 3.96. The standard InChI is InChI=1S/C13H24O3Si/c1-6-11(15-12(14)7-2)13(3)9-8-10-17(4,5)16-13/h7,11H,2,6,8-10H2,1,3-5H3. The molecule has 1 aliphatic rings. The van der Waals surface area contributed by atoms with Crippen LogP contribution in [0.25, 0.3) is 0 Å². The highest BCUT2D eigenvalue weighted by molar-refractivity contribution is 6.71. The molecule has 0 saturated carbocycles. The molecule has 1 saturated heterocycles. The van der Waals surface area contributed by atoms with E-state index in [1.165, 1.54) is 12.1 Å². The number of hydrogen-bond donors (Lipinski definition) is 0. The maximum atomic E-state index is 11.3. The molecule has 98 valence electrons. The fourth-order valence-corrected chi connectivity index (χ4v) is 5.28. The Kier molecular flexibility index (Phi) is 4.55. The first-order chi connectivity index (χ1) is 7.83. The van der Waals surface area contributed by atoms with Gasteiger partial charge in [-0.2, -0.15) is 0 Å². The zero-order chi connectivity index (χ0) is 13.1. The normalized spacial score (nSPS) is 29.4. The first kappa shape index (κ1) is 14.4. The Morgan fingerprint density at radius 2 is 2.29 bits per heavy atom. The molecule has 3 nitrogen and oxygen atoms in total. The molecule has 17 heavy (non-hydrogen) atoms. The third kappa shape index (κ3) is 3.68. The molecule has 0 aromatic rings. The van der Waals surface area contributed by atoms with Crippen LogP contribution in [0.3, 0.4) is 0 Å². The van der Waals surface area contributed by atoms with E-state index < -0.39 is 8.32 Å². The molecule has 0 radical (unpaired) electrons. The Morgan fingerprint density at radius 3 is 2.76 bits per heavy atom. The summed E-state index contributed by atoms with van der Waals surface area (Å²) < 4.78 is 11.7. The molecule has 0 aromatic heterocycles. The fourth-order valence-electron chi connectivity index (χ4n) is 2.65. The minimum atomic E-state index is -1.58. The summed E-state index contributed by atoms with van der Waals surface area (Å²) in [4.78, 5) is 11.3. The summed E-state index contributed by atoms with van der Waals surface area (Å²) in [5, 5.41) is 0. The fraction of sp³-hybridized carbons (Fsp3) is 0.769. The van der Waals surface area contributed by atoms with E-state index in [1.54, 1.807) is 0 Å². The van der Waals surface area contributed by atoms with Crippen molar-refractivity contribution in [3.8, 4) is 0 Å². The minimum Gasteiger partial charge on any atom is -0.456 e. The van der Waals surface area contributed by atoms with Crippen molar-refractivity contribution >= 4 is 14.3 Å². The van der Waals surface area contributed by atoms with Crippen molar-refractivity contribution in [3.63, 3.8) is 0 Å². The molecule has 2 unspecified atom stereocenters. The molecule has 4 heteroatoms. The van der Waals surface area contributed by atoms with Crippen LogP contribution in [0, 0.1) is 0 Å². The van der Waals surface area contributed by atoms with E-state index in [0.717, 1.165) is 19.3 Å². The predicted octanol–water partition coefficient (Wildman–Crippen LogP) is 3.27. The van der Waals surface area contributed by atoms with Gasteiger partial charge in [0.25, 0.3) is 0 Å². The van der Waals surface area contributed by atoms with Gasteiger partial charge in [-0.3, -0.25) is 0 Å². The molecule has 1 rings (SSSR count). The third-order valence-corrected chi connectivity index (χ3v) is 6.02. The predicted molar refractivity (Wildman–Crippen MR) is 71.4 cm³/mol. The highest BCUT2D eigenvalue weighted by atomic mass is 28.4. The molecule has 0 N–H and O–H groups in total. The van der Waals surface area contributed by atoms with E-state index in [2.05, 4.69) is 26.6 Å². The zero-order valence-electron chi connectivity index (χ0n) is 11.4. The summed E-state index contributed by atoms with van der Waals surface area (Å²) in [5.74, 6) is -0.355. The molecule has 0 aliphatic carbocycles. The molecule has 0 bridgehead atoms. The van der Waals surface area contributed by atoms with Gasteiger partial charge in [-0.1, -0.05) is 19.9 Å². The molecule has 0 aromatic carbocycles. The van der Waals surface area contributed by atoms with Gasteiger partial charge < -0.3 is 9.16 Å². The molecule has 0 amide bonds. The molecular formula is C13H24O3Si. The maximum absolute atomic E-state index is 11.3. The number of esters is 1. The Balaban J connectivity index is 2.78. The van der Waals surface area contributed by atoms with Gasteiger partial charge in [0.2, 0.25) is 0 Å². The molecule has 1 aliphatic heterocycles. The number of ether oxygens (including phenoxy) is 1. The second kappa shape index (κ2) is 5.36.